The van der Waals surface area contributed by atoms with E-state index in [1.165, 1.54) is 56.9 Å². The number of hydrogen-bond donors (Lipinski definition) is 0. The van der Waals surface area contributed by atoms with E-state index in [1.54, 1.807) is 17.1 Å². The molecule has 3 heteroatoms. The highest BCUT2D eigenvalue weighted by atomic mass is 15.3. The van der Waals surface area contributed by atoms with Gasteiger partial charge < -0.3 is 0 Å². The summed E-state index contributed by atoms with van der Waals surface area (Å²) in [5.41, 5.74) is 1.26. The van der Waals surface area contributed by atoms with Gasteiger partial charge in [-0.15, -0.1) is 0 Å². The fraction of sp³-hybridized carbons (Fsp3) is 0.579. The maximum absolute atomic E-state index is 4.26. The van der Waals surface area contributed by atoms with Crippen molar-refractivity contribution >= 4 is 12.3 Å². The third-order valence-electron chi connectivity index (χ3n) is 4.07. The van der Waals surface area contributed by atoms with Gasteiger partial charge in [0.2, 0.25) is 0 Å². The third-order valence-corrected chi connectivity index (χ3v) is 4.07. The molecule has 22 heavy (non-hydrogen) atoms. The lowest BCUT2D eigenvalue weighted by atomic mass is 9.88. The topological polar surface area (TPSA) is 30.7 Å². The van der Waals surface area contributed by atoms with Gasteiger partial charge in [-0.05, 0) is 30.4 Å². The van der Waals surface area contributed by atoms with E-state index >= 15 is 0 Å². The highest BCUT2D eigenvalue weighted by Gasteiger charge is 2.12. The maximum Gasteiger partial charge on any atom is 0.154 e. The normalized spacial score (nSPS) is 13.1. The zero-order valence-electron chi connectivity index (χ0n) is 14.3. The Bertz CT molecular complexity index is 471. The molecule has 0 aromatic carbocycles. The van der Waals surface area contributed by atoms with E-state index in [0.717, 1.165) is 5.82 Å². The fourth-order valence-electron chi connectivity index (χ4n) is 2.72. The van der Waals surface area contributed by atoms with Crippen LogP contribution < -0.4 is 0 Å². The van der Waals surface area contributed by atoms with Crippen molar-refractivity contribution in [2.45, 2.75) is 65.2 Å². The number of hydrogen-bond acceptors (Lipinski definition) is 2. The van der Waals surface area contributed by atoms with Crippen LogP contribution in [0, 0.1) is 5.92 Å². The molecular weight excluding hydrogens is 270 g/mol. The molecule has 1 rings (SSSR count). The molecule has 0 fully saturated rings. The Morgan fingerprint density at radius 1 is 1.14 bits per heavy atom. The van der Waals surface area contributed by atoms with Crippen molar-refractivity contribution in [3.63, 3.8) is 0 Å². The molecule has 0 saturated carbocycles. The van der Waals surface area contributed by atoms with Crippen LogP contribution in [0.3, 0.4) is 0 Å². The summed E-state index contributed by atoms with van der Waals surface area (Å²) in [5, 5.41) is 4.26. The van der Waals surface area contributed by atoms with E-state index < -0.39 is 0 Å². The van der Waals surface area contributed by atoms with Crippen LogP contribution in [0.15, 0.2) is 31.1 Å². The zero-order chi connectivity index (χ0) is 16.2. The first-order valence-electron chi connectivity index (χ1n) is 8.62. The van der Waals surface area contributed by atoms with Crippen LogP contribution in [0.2, 0.25) is 0 Å². The van der Waals surface area contributed by atoms with Crippen molar-refractivity contribution in [1.82, 2.24) is 14.8 Å². The van der Waals surface area contributed by atoms with Crippen LogP contribution >= 0.6 is 0 Å². The Labute approximate surface area is 135 Å². The van der Waals surface area contributed by atoms with Crippen LogP contribution in [-0.4, -0.2) is 14.8 Å². The Kier molecular flexibility index (Phi) is 9.20. The van der Waals surface area contributed by atoms with Gasteiger partial charge in [-0.3, -0.25) is 0 Å². The van der Waals surface area contributed by atoms with E-state index in [9.17, 15) is 0 Å². The smallest absolute Gasteiger partial charge is 0.154 e. The number of aromatic nitrogens is 3. The van der Waals surface area contributed by atoms with Crippen molar-refractivity contribution in [2.24, 2.45) is 5.92 Å². The quantitative estimate of drug-likeness (QED) is 0.365. The summed E-state index contributed by atoms with van der Waals surface area (Å²) in [6, 6.07) is 0. The minimum atomic E-state index is 0.566. The van der Waals surface area contributed by atoms with Gasteiger partial charge in [0, 0.05) is 6.20 Å². The van der Waals surface area contributed by atoms with Gasteiger partial charge in [0.15, 0.2) is 5.82 Å². The van der Waals surface area contributed by atoms with Gasteiger partial charge >= 0.3 is 0 Å². The van der Waals surface area contributed by atoms with Gasteiger partial charge in [0.1, 0.15) is 6.33 Å². The molecule has 0 aliphatic carbocycles. The van der Waals surface area contributed by atoms with Gasteiger partial charge in [-0.2, -0.15) is 5.10 Å². The van der Waals surface area contributed by atoms with Crippen molar-refractivity contribution in [3.8, 4) is 0 Å². The summed E-state index contributed by atoms with van der Waals surface area (Å²) < 4.78 is 1.80. The van der Waals surface area contributed by atoms with Gasteiger partial charge in [0.05, 0.1) is 0 Å². The molecule has 0 bridgehead atoms. The van der Waals surface area contributed by atoms with Gasteiger partial charge in [0.25, 0.3) is 0 Å². The second-order valence-corrected chi connectivity index (χ2v) is 5.79. The van der Waals surface area contributed by atoms with Crippen molar-refractivity contribution in [1.29, 1.82) is 0 Å². The molecule has 1 aromatic heterocycles. The molecule has 1 unspecified atom stereocenters. The van der Waals surface area contributed by atoms with Crippen molar-refractivity contribution in [3.05, 3.63) is 37.0 Å². The van der Waals surface area contributed by atoms with E-state index in [-0.39, 0.29) is 0 Å². The molecule has 0 saturated heterocycles. The largest absolute Gasteiger partial charge is 0.221 e. The highest BCUT2D eigenvalue weighted by molar-refractivity contribution is 5.45. The first kappa shape index (κ1) is 18.4. The number of rotatable bonds is 12. The molecule has 1 heterocycles. The molecular formula is C19H31N3. The lowest BCUT2D eigenvalue weighted by molar-refractivity contribution is 0.471. The minimum Gasteiger partial charge on any atom is -0.221 e. The molecule has 0 aliphatic rings. The van der Waals surface area contributed by atoms with Crippen molar-refractivity contribution < 1.29 is 0 Å². The average Bonchev–Trinajstić information content (AvgIpc) is 2.99. The van der Waals surface area contributed by atoms with Gasteiger partial charge in [-0.1, -0.05) is 71.6 Å². The summed E-state index contributed by atoms with van der Waals surface area (Å²) in [5.74, 6) is 1.34. The molecule has 1 atom stereocenters. The molecule has 0 radical (unpaired) electrons. The van der Waals surface area contributed by atoms with Crippen LogP contribution in [0.1, 0.15) is 71.0 Å². The van der Waals surface area contributed by atoms with E-state index in [2.05, 4.69) is 43.3 Å². The average molecular weight is 301 g/mol. The summed E-state index contributed by atoms with van der Waals surface area (Å²) in [4.78, 5) is 4.18. The molecule has 0 N–H and O–H groups in total. The Hall–Kier alpha value is -1.64. The van der Waals surface area contributed by atoms with Crippen LogP contribution in [0.25, 0.3) is 12.3 Å². The zero-order valence-corrected chi connectivity index (χ0v) is 14.3. The van der Waals surface area contributed by atoms with E-state index in [0.29, 0.717) is 5.92 Å². The van der Waals surface area contributed by atoms with Crippen molar-refractivity contribution in [2.75, 3.05) is 0 Å². The Morgan fingerprint density at radius 3 is 2.50 bits per heavy atom. The Balaban J connectivity index is 2.82. The monoisotopic (exact) mass is 301 g/mol. The first-order valence-corrected chi connectivity index (χ1v) is 8.62. The molecule has 0 amide bonds. The Morgan fingerprint density at radius 2 is 1.86 bits per heavy atom. The lowest BCUT2D eigenvalue weighted by Gasteiger charge is -2.18. The lowest BCUT2D eigenvalue weighted by Crippen LogP contribution is -2.06. The van der Waals surface area contributed by atoms with E-state index in [4.69, 9.17) is 0 Å². The molecule has 1 aromatic rings. The highest BCUT2D eigenvalue weighted by Crippen LogP contribution is 2.26. The number of nitrogens with zero attached hydrogens (tertiary/aromatic N) is 3. The molecule has 0 aliphatic heterocycles. The SMILES string of the molecule is C=C/C(=C\n1ncnc1C=C)C(CCCC)CCCCCC. The maximum atomic E-state index is 4.26. The first-order chi connectivity index (χ1) is 10.8. The number of allylic oxidation sites excluding steroid dienone is 2. The standard InChI is InChI=1S/C19H31N3/c1-5-9-11-12-14-18(13-10-6-2)17(7-3)15-22-19(8-4)20-16-21-22/h7-8,15-16,18H,3-6,9-14H2,1-2H3/b17-15+. The second-order valence-electron chi connectivity index (χ2n) is 5.79. The third kappa shape index (κ3) is 6.00. The van der Waals surface area contributed by atoms with Crippen LogP contribution in [0.5, 0.6) is 0 Å². The second kappa shape index (κ2) is 11.0. The molecule has 3 nitrogen and oxygen atoms in total. The predicted molar refractivity (Wildman–Crippen MR) is 96.4 cm³/mol. The van der Waals surface area contributed by atoms with Crippen LogP contribution in [0.4, 0.5) is 0 Å². The summed E-state index contributed by atoms with van der Waals surface area (Å²) in [6.07, 6.45) is 17.5. The molecule has 0 spiro atoms. The van der Waals surface area contributed by atoms with Gasteiger partial charge in [-0.25, -0.2) is 9.67 Å². The van der Waals surface area contributed by atoms with Crippen LogP contribution in [-0.2, 0) is 0 Å². The summed E-state index contributed by atoms with van der Waals surface area (Å²) >= 11 is 0. The predicted octanol–water partition coefficient (Wildman–Crippen LogP) is 5.72. The summed E-state index contributed by atoms with van der Waals surface area (Å²) in [6.45, 7) is 12.3. The van der Waals surface area contributed by atoms with E-state index in [1.807, 2.05) is 6.08 Å². The molecule has 122 valence electrons. The summed E-state index contributed by atoms with van der Waals surface area (Å²) in [7, 11) is 0. The number of unbranched alkanes of at least 4 members (excludes halogenated alkanes) is 4. The minimum absolute atomic E-state index is 0.566. The fourth-order valence-corrected chi connectivity index (χ4v) is 2.72.